The van der Waals surface area contributed by atoms with Gasteiger partial charge in [0.15, 0.2) is 0 Å². The second-order valence-corrected chi connectivity index (χ2v) is 12.9. The number of hydrogen-bond acceptors (Lipinski definition) is 9. The van der Waals surface area contributed by atoms with Gasteiger partial charge in [-0.2, -0.15) is 0 Å². The minimum Gasteiger partial charge on any atom is -0.431 e. The van der Waals surface area contributed by atoms with E-state index in [2.05, 4.69) is 4.98 Å². The molecule has 10 nitrogen and oxygen atoms in total. The van der Waals surface area contributed by atoms with Crippen molar-refractivity contribution in [2.75, 3.05) is 6.66 Å². The molecule has 1 aliphatic heterocycles. The van der Waals surface area contributed by atoms with E-state index < -0.39 is 50.8 Å². The Morgan fingerprint density at radius 2 is 2.03 bits per heavy atom. The third kappa shape index (κ3) is 5.19. The largest absolute Gasteiger partial charge is 0.514 e. The maximum atomic E-state index is 14.9. The van der Waals surface area contributed by atoms with Crippen molar-refractivity contribution in [1.82, 2.24) is 4.98 Å². The smallest absolute Gasteiger partial charge is 0.431 e. The van der Waals surface area contributed by atoms with E-state index in [9.17, 15) is 28.3 Å². The van der Waals surface area contributed by atoms with E-state index in [1.54, 1.807) is 13.8 Å². The molecule has 1 saturated heterocycles. The Morgan fingerprint density at radius 3 is 2.58 bits per heavy atom. The van der Waals surface area contributed by atoms with Crippen LogP contribution in [-0.4, -0.2) is 39.0 Å². The van der Waals surface area contributed by atoms with E-state index in [-0.39, 0.29) is 16.9 Å². The standard InChI is InChI=1S/C20H24FNO9P2/c1-12(2)28-19(23)29-15-8-13(3)17(16(21)9-15)18-30-32(4,25)20(24,33(26,27)31-18)10-14-6-5-7-22-11-14/h5-9,11-12,18,24H,10H2,1-4H3,(H,26,27). The van der Waals surface area contributed by atoms with Gasteiger partial charge in [0.1, 0.15) is 11.6 Å². The number of halogens is 1. The first-order chi connectivity index (χ1) is 15.3. The number of pyridine rings is 1. The summed E-state index contributed by atoms with van der Waals surface area (Å²) >= 11 is 0. The van der Waals surface area contributed by atoms with Crippen LogP contribution in [0.25, 0.3) is 0 Å². The first-order valence-electron chi connectivity index (χ1n) is 9.83. The van der Waals surface area contributed by atoms with E-state index in [4.69, 9.17) is 18.5 Å². The molecule has 4 unspecified atom stereocenters. The number of hydrogen-bond donors (Lipinski definition) is 2. The number of aromatic nitrogens is 1. The van der Waals surface area contributed by atoms with Crippen LogP contribution in [0.3, 0.4) is 0 Å². The molecule has 0 saturated carbocycles. The van der Waals surface area contributed by atoms with Gasteiger partial charge in [0, 0.05) is 37.1 Å². The van der Waals surface area contributed by atoms with Crippen LogP contribution in [0.5, 0.6) is 5.75 Å². The minimum atomic E-state index is -5.04. The van der Waals surface area contributed by atoms with E-state index >= 15 is 0 Å². The Kier molecular flexibility index (Phi) is 7.15. The molecule has 13 heteroatoms. The number of aryl methyl sites for hydroxylation is 1. The van der Waals surface area contributed by atoms with Gasteiger partial charge >= 0.3 is 13.8 Å². The Bertz CT molecular complexity index is 1090. The van der Waals surface area contributed by atoms with Crippen LogP contribution >= 0.6 is 15.0 Å². The predicted octanol–water partition coefficient (Wildman–Crippen LogP) is 4.48. The molecule has 0 aliphatic carbocycles. The number of carbonyl (C=O) groups is 1. The Labute approximate surface area is 189 Å². The molecule has 0 amide bonds. The van der Waals surface area contributed by atoms with Gasteiger partial charge < -0.3 is 19.5 Å². The van der Waals surface area contributed by atoms with Crippen LogP contribution in [0, 0.1) is 12.7 Å². The molecule has 33 heavy (non-hydrogen) atoms. The van der Waals surface area contributed by atoms with Crippen LogP contribution < -0.4 is 4.74 Å². The molecule has 1 fully saturated rings. The Morgan fingerprint density at radius 1 is 1.33 bits per heavy atom. The van der Waals surface area contributed by atoms with Crippen LogP contribution in [0.15, 0.2) is 36.7 Å². The SMILES string of the molecule is Cc1cc(OC(=O)OC(C)C)cc(F)c1C1OP(C)(=O)C(O)(Cc2cccnc2)P(=O)(O)O1. The summed E-state index contributed by atoms with van der Waals surface area (Å²) in [4.78, 5) is 26.1. The van der Waals surface area contributed by atoms with Gasteiger partial charge in [-0.05, 0) is 44.0 Å². The van der Waals surface area contributed by atoms with Gasteiger partial charge in [0.05, 0.1) is 6.10 Å². The zero-order chi connectivity index (χ0) is 24.6. The molecule has 0 spiro atoms. The van der Waals surface area contributed by atoms with Gasteiger partial charge in [-0.15, -0.1) is 0 Å². The summed E-state index contributed by atoms with van der Waals surface area (Å²) < 4.78 is 61.5. The van der Waals surface area contributed by atoms with Crippen molar-refractivity contribution in [2.24, 2.45) is 0 Å². The Balaban J connectivity index is 1.91. The van der Waals surface area contributed by atoms with Crippen molar-refractivity contribution in [3.63, 3.8) is 0 Å². The maximum Gasteiger partial charge on any atom is 0.514 e. The third-order valence-corrected chi connectivity index (χ3v) is 10.3. The normalized spacial score (nSPS) is 29.6. The molecule has 0 radical (unpaired) electrons. The molecule has 2 heterocycles. The van der Waals surface area contributed by atoms with Crippen molar-refractivity contribution in [3.05, 3.63) is 59.2 Å². The summed E-state index contributed by atoms with van der Waals surface area (Å²) in [6.07, 6.45) is -1.10. The molecule has 2 aromatic rings. The van der Waals surface area contributed by atoms with Crippen molar-refractivity contribution >= 4 is 21.1 Å². The van der Waals surface area contributed by atoms with Crippen molar-refractivity contribution in [3.8, 4) is 5.75 Å². The monoisotopic (exact) mass is 503 g/mol. The molecule has 1 aromatic carbocycles. The fraction of sp³-hybridized carbons (Fsp3) is 0.400. The van der Waals surface area contributed by atoms with Crippen LogP contribution in [0.4, 0.5) is 9.18 Å². The van der Waals surface area contributed by atoms with E-state index in [1.165, 1.54) is 37.5 Å². The predicted molar refractivity (Wildman–Crippen MR) is 115 cm³/mol. The van der Waals surface area contributed by atoms with Crippen molar-refractivity contribution in [2.45, 2.75) is 44.7 Å². The number of nitrogens with zero attached hydrogens (tertiary/aromatic N) is 1. The summed E-state index contributed by atoms with van der Waals surface area (Å²) in [7, 11) is -9.33. The van der Waals surface area contributed by atoms with Crippen LogP contribution in [0.2, 0.25) is 0 Å². The minimum absolute atomic E-state index is 0.116. The van der Waals surface area contributed by atoms with Gasteiger partial charge in [-0.3, -0.25) is 23.2 Å². The average Bonchev–Trinajstić information content (AvgIpc) is 2.65. The lowest BCUT2D eigenvalue weighted by Gasteiger charge is -2.43. The Hall–Kier alpha value is -2.13. The molecule has 180 valence electrons. The first-order valence-corrected chi connectivity index (χ1v) is 13.5. The van der Waals surface area contributed by atoms with E-state index in [0.717, 1.165) is 12.7 Å². The molecular weight excluding hydrogens is 479 g/mol. The zero-order valence-corrected chi connectivity index (χ0v) is 20.1. The van der Waals surface area contributed by atoms with Crippen molar-refractivity contribution in [1.29, 1.82) is 0 Å². The van der Waals surface area contributed by atoms with E-state index in [1.807, 2.05) is 0 Å². The summed E-state index contributed by atoms with van der Waals surface area (Å²) in [5.41, 5.74) is 0.101. The summed E-state index contributed by atoms with van der Waals surface area (Å²) in [5.74, 6) is -1.19. The number of carbonyl (C=O) groups excluding carboxylic acids is 1. The molecule has 3 rings (SSSR count). The molecule has 1 aromatic heterocycles. The molecular formula is C20H24FNO9P2. The second-order valence-electron chi connectivity index (χ2n) is 7.88. The fourth-order valence-corrected chi connectivity index (χ4v) is 7.55. The quantitative estimate of drug-likeness (QED) is 0.341. The van der Waals surface area contributed by atoms with Crippen LogP contribution in [0.1, 0.15) is 36.8 Å². The zero-order valence-electron chi connectivity index (χ0n) is 18.3. The molecule has 2 N–H and O–H groups in total. The van der Waals surface area contributed by atoms with Gasteiger partial charge in [-0.25, -0.2) is 9.18 Å². The summed E-state index contributed by atoms with van der Waals surface area (Å²) in [6.45, 7) is 5.61. The topological polar surface area (TPSA) is 141 Å². The number of aliphatic hydroxyl groups is 1. The maximum absolute atomic E-state index is 14.9. The second kappa shape index (κ2) is 9.25. The number of ether oxygens (including phenoxy) is 2. The van der Waals surface area contributed by atoms with Crippen molar-refractivity contribution < 1.29 is 46.8 Å². The number of rotatable bonds is 5. The van der Waals surface area contributed by atoms with E-state index in [0.29, 0.717) is 5.56 Å². The van der Waals surface area contributed by atoms with Gasteiger partial charge in [-0.1, -0.05) is 6.07 Å². The summed E-state index contributed by atoms with van der Waals surface area (Å²) in [5, 5.41) is 8.21. The molecule has 4 atom stereocenters. The van der Waals surface area contributed by atoms with Gasteiger partial charge in [0.25, 0.3) is 0 Å². The van der Waals surface area contributed by atoms with Gasteiger partial charge in [0.2, 0.25) is 18.7 Å². The van der Waals surface area contributed by atoms with Crippen LogP contribution in [-0.2, 0) is 29.3 Å². The highest BCUT2D eigenvalue weighted by atomic mass is 31.2. The molecule has 1 aliphatic rings. The average molecular weight is 503 g/mol. The number of benzene rings is 1. The lowest BCUT2D eigenvalue weighted by atomic mass is 10.1. The molecule has 0 bridgehead atoms. The highest BCUT2D eigenvalue weighted by Gasteiger charge is 2.65. The summed E-state index contributed by atoms with van der Waals surface area (Å²) in [6, 6.07) is 5.14. The highest BCUT2D eigenvalue weighted by molar-refractivity contribution is 7.75. The third-order valence-electron chi connectivity index (χ3n) is 4.88. The lowest BCUT2D eigenvalue weighted by Crippen LogP contribution is -2.38. The lowest BCUT2D eigenvalue weighted by molar-refractivity contribution is -0.0461. The first kappa shape index (κ1) is 25.5. The fourth-order valence-electron chi connectivity index (χ4n) is 3.25. The highest BCUT2D eigenvalue weighted by Crippen LogP contribution is 2.79.